The van der Waals surface area contributed by atoms with Crippen LogP contribution in [0.4, 0.5) is 19.0 Å². The van der Waals surface area contributed by atoms with E-state index in [9.17, 15) is 27.6 Å². The average Bonchev–Trinajstić information content (AvgIpc) is 3.45. The van der Waals surface area contributed by atoms with E-state index >= 15 is 0 Å². The Kier molecular flexibility index (Phi) is 9.69. The third-order valence-corrected chi connectivity index (χ3v) is 6.51. The van der Waals surface area contributed by atoms with Crippen molar-refractivity contribution in [1.29, 1.82) is 5.26 Å². The maximum absolute atomic E-state index is 13.0. The number of nitriles is 1. The van der Waals surface area contributed by atoms with Gasteiger partial charge in [0.25, 0.3) is 17.7 Å². The number of hydrogen-bond acceptors (Lipinski definition) is 7. The molecule has 2 aromatic carbocycles. The highest BCUT2D eigenvalue weighted by Gasteiger charge is 2.37. The normalized spacial score (nSPS) is 14.0. The van der Waals surface area contributed by atoms with Crippen LogP contribution in [-0.4, -0.2) is 68.5 Å². The topological polar surface area (TPSA) is 137 Å². The molecule has 2 aromatic heterocycles. The molecule has 5 rings (SSSR count). The van der Waals surface area contributed by atoms with Gasteiger partial charge in [0.2, 0.25) is 5.82 Å². The number of halogens is 3. The molecular formula is C30H27F3N8O3. The number of benzene rings is 2. The number of carbonyl (C=O) groups excluding carboxylic acids is 3. The van der Waals surface area contributed by atoms with E-state index in [1.54, 1.807) is 49.1 Å². The zero-order chi connectivity index (χ0) is 31.9. The lowest BCUT2D eigenvalue weighted by Gasteiger charge is -2.32. The summed E-state index contributed by atoms with van der Waals surface area (Å²) in [5.74, 6) is -1.54. The maximum atomic E-state index is 13.0. The minimum atomic E-state index is -4.71. The van der Waals surface area contributed by atoms with Gasteiger partial charge in [-0.3, -0.25) is 19.3 Å². The number of hydrogen-bond donors (Lipinski definition) is 1. The second-order valence-electron chi connectivity index (χ2n) is 9.50. The first-order valence-electron chi connectivity index (χ1n) is 13.4. The zero-order valence-corrected chi connectivity index (χ0v) is 23.7. The molecule has 0 saturated heterocycles. The summed E-state index contributed by atoms with van der Waals surface area (Å²) in [6.45, 7) is 2.22. The number of nitrogens with zero attached hydrogens (tertiary/aromatic N) is 7. The van der Waals surface area contributed by atoms with Crippen molar-refractivity contribution >= 4 is 23.5 Å². The monoisotopic (exact) mass is 604 g/mol. The molecule has 1 aliphatic heterocycles. The number of aromatic nitrogens is 4. The molecule has 1 unspecified atom stereocenters. The lowest BCUT2D eigenvalue weighted by atomic mass is 10.0. The summed E-state index contributed by atoms with van der Waals surface area (Å²) in [7, 11) is 1.61. The van der Waals surface area contributed by atoms with Gasteiger partial charge in [0.15, 0.2) is 0 Å². The van der Waals surface area contributed by atoms with Gasteiger partial charge >= 0.3 is 6.18 Å². The van der Waals surface area contributed by atoms with Gasteiger partial charge in [0.1, 0.15) is 24.1 Å². The minimum absolute atomic E-state index is 0.119. The molecule has 0 spiro atoms. The van der Waals surface area contributed by atoms with Crippen molar-refractivity contribution in [3.05, 3.63) is 102 Å². The predicted octanol–water partition coefficient (Wildman–Crippen LogP) is 3.67. The quantitative estimate of drug-likeness (QED) is 0.332. The highest BCUT2D eigenvalue weighted by Crippen LogP contribution is 2.30. The van der Waals surface area contributed by atoms with Crippen LogP contribution < -0.4 is 10.2 Å². The van der Waals surface area contributed by atoms with Crippen LogP contribution in [0.25, 0.3) is 5.69 Å². The van der Waals surface area contributed by atoms with Crippen molar-refractivity contribution in [3.63, 3.8) is 0 Å². The molecule has 1 N–H and O–H groups in total. The number of likely N-dealkylation sites (N-methyl/N-ethyl adjacent to an activating group) is 1. The van der Waals surface area contributed by atoms with E-state index in [4.69, 9.17) is 5.26 Å². The van der Waals surface area contributed by atoms with Crippen molar-refractivity contribution < 1.29 is 27.6 Å². The second-order valence-corrected chi connectivity index (χ2v) is 9.50. The largest absolute Gasteiger partial charge is 0.433 e. The molecule has 0 saturated carbocycles. The van der Waals surface area contributed by atoms with Crippen LogP contribution in [0, 0.1) is 11.3 Å². The second kappa shape index (κ2) is 13.6. The third-order valence-electron chi connectivity index (χ3n) is 6.51. The molecule has 1 aliphatic rings. The van der Waals surface area contributed by atoms with Gasteiger partial charge in [-0.15, -0.1) is 0 Å². The molecule has 0 aliphatic carbocycles. The highest BCUT2D eigenvalue weighted by molar-refractivity contribution is 6.03. The summed E-state index contributed by atoms with van der Waals surface area (Å²) < 4.78 is 40.2. The lowest BCUT2D eigenvalue weighted by Crippen LogP contribution is -2.53. The summed E-state index contributed by atoms with van der Waals surface area (Å²) >= 11 is 0. The predicted molar refractivity (Wildman–Crippen MR) is 153 cm³/mol. The Hall–Kier alpha value is -5.58. The number of carbonyl (C=O) groups is 3. The van der Waals surface area contributed by atoms with E-state index in [1.165, 1.54) is 9.80 Å². The standard InChI is InChI=1S/C20H17F3N6O2.C10H10N2O/c1-2-28-18-12(11-25-29(18)13-6-4-3-5-7-13)10-14(19(28)31)26-17(30)16-24-9-8-15(27-16)20(21,22)23;1-12(8-7-11)10(13)9-5-3-2-4-6-9/h3-9,11,14H,2,10H2,1H3,(H,26,30);2-6H,8H2,1H3. The molecule has 4 aromatic rings. The van der Waals surface area contributed by atoms with Gasteiger partial charge < -0.3 is 10.2 Å². The van der Waals surface area contributed by atoms with E-state index in [2.05, 4.69) is 20.4 Å². The van der Waals surface area contributed by atoms with Crippen LogP contribution in [0.3, 0.4) is 0 Å². The Bertz CT molecular complexity index is 1670. The van der Waals surface area contributed by atoms with E-state index in [-0.39, 0.29) is 18.9 Å². The van der Waals surface area contributed by atoms with Crippen molar-refractivity contribution in [1.82, 2.24) is 30.0 Å². The first-order chi connectivity index (χ1) is 21.0. The summed E-state index contributed by atoms with van der Waals surface area (Å²) in [6, 6.07) is 19.8. The molecule has 1 atom stereocenters. The van der Waals surface area contributed by atoms with Crippen molar-refractivity contribution in [2.45, 2.75) is 25.6 Å². The summed E-state index contributed by atoms with van der Waals surface area (Å²) in [4.78, 5) is 46.8. The van der Waals surface area contributed by atoms with Gasteiger partial charge in [-0.1, -0.05) is 36.4 Å². The van der Waals surface area contributed by atoms with E-state index in [1.807, 2.05) is 42.5 Å². The fourth-order valence-corrected chi connectivity index (χ4v) is 4.41. The van der Waals surface area contributed by atoms with Gasteiger partial charge in [0.05, 0.1) is 18.0 Å². The Morgan fingerprint density at radius 2 is 1.75 bits per heavy atom. The third kappa shape index (κ3) is 7.06. The number of nitrogens with one attached hydrogen (secondary N) is 1. The molecule has 0 bridgehead atoms. The molecule has 44 heavy (non-hydrogen) atoms. The fourth-order valence-electron chi connectivity index (χ4n) is 4.41. The summed E-state index contributed by atoms with van der Waals surface area (Å²) in [5.41, 5.74) is 0.875. The van der Waals surface area contributed by atoms with Crippen LogP contribution in [0.5, 0.6) is 0 Å². The van der Waals surface area contributed by atoms with Crippen LogP contribution in [-0.2, 0) is 17.4 Å². The van der Waals surface area contributed by atoms with Gasteiger partial charge in [-0.05, 0) is 37.3 Å². The smallest absolute Gasteiger partial charge is 0.337 e. The van der Waals surface area contributed by atoms with Crippen LogP contribution in [0.1, 0.15) is 39.2 Å². The number of rotatable bonds is 6. The lowest BCUT2D eigenvalue weighted by molar-refractivity contribution is -0.141. The number of anilines is 1. The molecule has 0 fully saturated rings. The Morgan fingerprint density at radius 3 is 2.36 bits per heavy atom. The Morgan fingerprint density at radius 1 is 1.09 bits per heavy atom. The number of para-hydroxylation sites is 1. The number of amides is 3. The molecular weight excluding hydrogens is 577 g/mol. The van der Waals surface area contributed by atoms with E-state index in [0.717, 1.165) is 17.4 Å². The molecule has 226 valence electrons. The minimum Gasteiger partial charge on any atom is -0.337 e. The Labute approximate surface area is 250 Å². The number of fused-ring (bicyclic) bond motifs is 1. The van der Waals surface area contributed by atoms with Gasteiger partial charge in [-0.25, -0.2) is 14.6 Å². The first-order valence-corrected chi connectivity index (χ1v) is 13.4. The van der Waals surface area contributed by atoms with Crippen LogP contribution in [0.2, 0.25) is 0 Å². The molecule has 3 heterocycles. The number of alkyl halides is 3. The zero-order valence-electron chi connectivity index (χ0n) is 23.7. The summed E-state index contributed by atoms with van der Waals surface area (Å²) in [5, 5.41) is 15.2. The average molecular weight is 605 g/mol. The van der Waals surface area contributed by atoms with Crippen molar-refractivity contribution in [2.75, 3.05) is 25.0 Å². The highest BCUT2D eigenvalue weighted by atomic mass is 19.4. The SMILES string of the molecule is CCN1C(=O)C(NC(=O)c2nccc(C(F)(F)F)n2)Cc2cnn(-c3ccccc3)c21.CN(CC#N)C(=O)c1ccccc1. The van der Waals surface area contributed by atoms with Gasteiger partial charge in [-0.2, -0.15) is 23.5 Å². The maximum Gasteiger partial charge on any atom is 0.433 e. The van der Waals surface area contributed by atoms with Crippen molar-refractivity contribution in [3.8, 4) is 11.8 Å². The Balaban J connectivity index is 0.000000285. The first kappa shape index (κ1) is 31.4. The fraction of sp³-hybridized carbons (Fsp3) is 0.233. The van der Waals surface area contributed by atoms with Crippen molar-refractivity contribution in [2.24, 2.45) is 0 Å². The summed E-state index contributed by atoms with van der Waals surface area (Å²) in [6.07, 6.45) is -2.11. The van der Waals surface area contributed by atoms with E-state index < -0.39 is 35.6 Å². The molecule has 14 heteroatoms. The van der Waals surface area contributed by atoms with E-state index in [0.29, 0.717) is 24.0 Å². The van der Waals surface area contributed by atoms with Gasteiger partial charge in [0, 0.05) is 37.3 Å². The molecule has 11 nitrogen and oxygen atoms in total. The van der Waals surface area contributed by atoms with Crippen LogP contribution in [0.15, 0.2) is 79.1 Å². The van der Waals surface area contributed by atoms with Crippen LogP contribution >= 0.6 is 0 Å². The molecule has 3 amide bonds. The molecule has 0 radical (unpaired) electrons.